The molecule has 1 aliphatic rings. The van der Waals surface area contributed by atoms with Crippen LogP contribution in [0.1, 0.15) is 52.9 Å². The van der Waals surface area contributed by atoms with E-state index in [-0.39, 0.29) is 0 Å². The molecule has 1 N–H and O–H groups in total. The molecule has 3 unspecified atom stereocenters. The second kappa shape index (κ2) is 6.15. The molecule has 0 spiro atoms. The van der Waals surface area contributed by atoms with Crippen molar-refractivity contribution >= 4 is 10.8 Å². The Morgan fingerprint density at radius 1 is 1.50 bits per heavy atom. The van der Waals surface area contributed by atoms with Gasteiger partial charge in [0.15, 0.2) is 0 Å². The van der Waals surface area contributed by atoms with Gasteiger partial charge in [-0.3, -0.25) is 4.21 Å². The molecule has 0 heterocycles. The van der Waals surface area contributed by atoms with Crippen LogP contribution in [0.5, 0.6) is 0 Å². The predicted molar refractivity (Wildman–Crippen MR) is 72.2 cm³/mol. The molecule has 0 saturated heterocycles. The molecule has 96 valence electrons. The summed E-state index contributed by atoms with van der Waals surface area (Å²) >= 11 is 0. The Kier molecular flexibility index (Phi) is 5.45. The zero-order valence-corrected chi connectivity index (χ0v) is 12.0. The first-order valence-corrected chi connectivity index (χ1v) is 8.18. The number of rotatable bonds is 5. The SMILES string of the molecule is CC(CCS(C)=O)NC1CCCC(C)(C)C1. The summed E-state index contributed by atoms with van der Waals surface area (Å²) in [7, 11) is -0.648. The monoisotopic (exact) mass is 245 g/mol. The molecule has 0 bridgehead atoms. The van der Waals surface area contributed by atoms with Crippen LogP contribution >= 0.6 is 0 Å². The first kappa shape index (κ1) is 14.2. The van der Waals surface area contributed by atoms with Crippen LogP contribution in [-0.4, -0.2) is 28.3 Å². The Hall–Kier alpha value is 0.110. The molecular formula is C13H27NOS. The average Bonchev–Trinajstić information content (AvgIpc) is 2.13. The van der Waals surface area contributed by atoms with E-state index in [1.54, 1.807) is 6.26 Å². The molecule has 1 rings (SSSR count). The van der Waals surface area contributed by atoms with Gasteiger partial charge in [0.25, 0.3) is 0 Å². The average molecular weight is 245 g/mol. The van der Waals surface area contributed by atoms with E-state index in [0.29, 0.717) is 17.5 Å². The number of hydrogen-bond acceptors (Lipinski definition) is 2. The highest BCUT2D eigenvalue weighted by molar-refractivity contribution is 7.84. The lowest BCUT2D eigenvalue weighted by atomic mass is 9.75. The molecular weight excluding hydrogens is 218 g/mol. The third-order valence-electron chi connectivity index (χ3n) is 3.56. The fourth-order valence-electron chi connectivity index (χ4n) is 2.67. The highest BCUT2D eigenvalue weighted by atomic mass is 32.2. The van der Waals surface area contributed by atoms with Gasteiger partial charge in [-0.25, -0.2) is 0 Å². The second-order valence-corrected chi connectivity index (χ2v) is 7.65. The Bertz CT molecular complexity index is 240. The van der Waals surface area contributed by atoms with Gasteiger partial charge in [0, 0.05) is 34.9 Å². The van der Waals surface area contributed by atoms with E-state index in [9.17, 15) is 4.21 Å². The van der Waals surface area contributed by atoms with Crippen molar-refractivity contribution < 1.29 is 4.21 Å². The van der Waals surface area contributed by atoms with Gasteiger partial charge in [0.2, 0.25) is 0 Å². The Morgan fingerprint density at radius 2 is 2.19 bits per heavy atom. The molecule has 0 radical (unpaired) electrons. The summed E-state index contributed by atoms with van der Waals surface area (Å²) in [5.74, 6) is 0.824. The van der Waals surface area contributed by atoms with E-state index in [2.05, 4.69) is 26.1 Å². The van der Waals surface area contributed by atoms with Gasteiger partial charge in [0.1, 0.15) is 0 Å². The highest BCUT2D eigenvalue weighted by Crippen LogP contribution is 2.35. The number of nitrogens with one attached hydrogen (secondary N) is 1. The molecule has 3 heteroatoms. The minimum Gasteiger partial charge on any atom is -0.311 e. The van der Waals surface area contributed by atoms with Crippen LogP contribution in [0.2, 0.25) is 0 Å². The Morgan fingerprint density at radius 3 is 2.75 bits per heavy atom. The third kappa shape index (κ3) is 5.44. The fraction of sp³-hybridized carbons (Fsp3) is 1.00. The second-order valence-electron chi connectivity index (χ2n) is 6.09. The first-order chi connectivity index (χ1) is 7.39. The topological polar surface area (TPSA) is 29.1 Å². The highest BCUT2D eigenvalue weighted by Gasteiger charge is 2.28. The summed E-state index contributed by atoms with van der Waals surface area (Å²) in [6.07, 6.45) is 8.11. The zero-order chi connectivity index (χ0) is 12.2. The minimum atomic E-state index is -0.648. The van der Waals surface area contributed by atoms with Gasteiger partial charge in [-0.05, 0) is 38.0 Å². The molecule has 3 atom stereocenters. The van der Waals surface area contributed by atoms with Crippen LogP contribution in [0.4, 0.5) is 0 Å². The van der Waals surface area contributed by atoms with Crippen LogP contribution in [0.3, 0.4) is 0 Å². The predicted octanol–water partition coefficient (Wildman–Crippen LogP) is 2.70. The van der Waals surface area contributed by atoms with E-state index < -0.39 is 10.8 Å². The maximum absolute atomic E-state index is 11.0. The normalized spacial score (nSPS) is 28.6. The minimum absolute atomic E-state index is 0.503. The molecule has 0 amide bonds. The summed E-state index contributed by atoms with van der Waals surface area (Å²) in [5.41, 5.74) is 0.503. The van der Waals surface area contributed by atoms with Crippen LogP contribution in [-0.2, 0) is 10.8 Å². The van der Waals surface area contributed by atoms with Crippen LogP contribution in [0.15, 0.2) is 0 Å². The lowest BCUT2D eigenvalue weighted by Gasteiger charge is -2.37. The molecule has 2 nitrogen and oxygen atoms in total. The molecule has 1 aliphatic carbocycles. The van der Waals surface area contributed by atoms with Crippen molar-refractivity contribution in [3.8, 4) is 0 Å². The molecule has 0 aromatic heterocycles. The van der Waals surface area contributed by atoms with Crippen molar-refractivity contribution in [2.24, 2.45) is 5.41 Å². The van der Waals surface area contributed by atoms with E-state index in [1.165, 1.54) is 25.7 Å². The standard InChI is InChI=1S/C13H27NOS/c1-11(7-9-16(4)15)14-12-6-5-8-13(2,3)10-12/h11-12,14H,5-10H2,1-4H3. The van der Waals surface area contributed by atoms with Gasteiger partial charge in [-0.2, -0.15) is 0 Å². The third-order valence-corrected chi connectivity index (χ3v) is 4.37. The van der Waals surface area contributed by atoms with E-state index >= 15 is 0 Å². The zero-order valence-electron chi connectivity index (χ0n) is 11.2. The Labute approximate surface area is 103 Å². The van der Waals surface area contributed by atoms with Crippen LogP contribution < -0.4 is 5.32 Å². The van der Waals surface area contributed by atoms with Crippen molar-refractivity contribution in [2.75, 3.05) is 12.0 Å². The Balaban J connectivity index is 2.28. The maximum atomic E-state index is 11.0. The first-order valence-electron chi connectivity index (χ1n) is 6.45. The summed E-state index contributed by atoms with van der Waals surface area (Å²) in [4.78, 5) is 0. The lowest BCUT2D eigenvalue weighted by molar-refractivity contribution is 0.190. The maximum Gasteiger partial charge on any atom is 0.0246 e. The molecule has 16 heavy (non-hydrogen) atoms. The summed E-state index contributed by atoms with van der Waals surface area (Å²) in [6, 6.07) is 1.17. The van der Waals surface area contributed by atoms with Gasteiger partial charge < -0.3 is 5.32 Å². The fourth-order valence-corrected chi connectivity index (χ4v) is 3.35. The summed E-state index contributed by atoms with van der Waals surface area (Å²) in [5, 5.41) is 3.70. The van der Waals surface area contributed by atoms with Crippen molar-refractivity contribution in [3.63, 3.8) is 0 Å². The van der Waals surface area contributed by atoms with Crippen LogP contribution in [0.25, 0.3) is 0 Å². The van der Waals surface area contributed by atoms with E-state index in [0.717, 1.165) is 12.2 Å². The lowest BCUT2D eigenvalue weighted by Crippen LogP contribution is -2.42. The van der Waals surface area contributed by atoms with Crippen molar-refractivity contribution in [2.45, 2.75) is 65.0 Å². The van der Waals surface area contributed by atoms with Gasteiger partial charge in [-0.1, -0.05) is 20.3 Å². The molecule has 1 fully saturated rings. The van der Waals surface area contributed by atoms with Crippen molar-refractivity contribution in [3.05, 3.63) is 0 Å². The molecule has 0 aliphatic heterocycles. The smallest absolute Gasteiger partial charge is 0.0246 e. The quantitative estimate of drug-likeness (QED) is 0.807. The largest absolute Gasteiger partial charge is 0.311 e. The summed E-state index contributed by atoms with van der Waals surface area (Å²) < 4.78 is 11.0. The van der Waals surface area contributed by atoms with Gasteiger partial charge >= 0.3 is 0 Å². The van der Waals surface area contributed by atoms with E-state index in [1.807, 2.05) is 0 Å². The van der Waals surface area contributed by atoms with Crippen LogP contribution in [0, 0.1) is 5.41 Å². The number of hydrogen-bond donors (Lipinski definition) is 1. The molecule has 0 aromatic carbocycles. The van der Waals surface area contributed by atoms with Gasteiger partial charge in [-0.15, -0.1) is 0 Å². The van der Waals surface area contributed by atoms with Crippen molar-refractivity contribution in [1.82, 2.24) is 5.32 Å². The molecule has 1 saturated carbocycles. The van der Waals surface area contributed by atoms with Crippen molar-refractivity contribution in [1.29, 1.82) is 0 Å². The summed E-state index contributed by atoms with van der Waals surface area (Å²) in [6.45, 7) is 6.95. The van der Waals surface area contributed by atoms with Gasteiger partial charge in [0.05, 0.1) is 0 Å². The molecule has 0 aromatic rings. The van der Waals surface area contributed by atoms with E-state index in [4.69, 9.17) is 0 Å².